The standard InChI is InChI=1S/C11H16ClN3/c1-11(2)4-3-5-15(11)10-9(13)6-8(12)7-14-10/h6-7H,3-5,13H2,1-2H3. The van der Waals surface area contributed by atoms with Crippen LogP contribution < -0.4 is 10.6 Å². The molecule has 0 unspecified atom stereocenters. The van der Waals surface area contributed by atoms with E-state index in [0.29, 0.717) is 10.7 Å². The molecule has 1 saturated heterocycles. The molecule has 1 aliphatic heterocycles. The average Bonchev–Trinajstić information content (AvgIpc) is 2.46. The lowest BCUT2D eigenvalue weighted by Gasteiger charge is -2.33. The van der Waals surface area contributed by atoms with Crippen LogP contribution in [-0.2, 0) is 0 Å². The Hall–Kier alpha value is -0.960. The zero-order valence-corrected chi connectivity index (χ0v) is 9.88. The highest BCUT2D eigenvalue weighted by Crippen LogP contribution is 2.35. The van der Waals surface area contributed by atoms with Crippen LogP contribution in [0.4, 0.5) is 11.5 Å². The predicted octanol–water partition coefficient (Wildman–Crippen LogP) is 2.70. The van der Waals surface area contributed by atoms with Crippen LogP contribution >= 0.6 is 11.6 Å². The normalized spacial score (nSPS) is 19.5. The van der Waals surface area contributed by atoms with Crippen molar-refractivity contribution in [2.75, 3.05) is 17.2 Å². The molecule has 1 fully saturated rings. The van der Waals surface area contributed by atoms with Gasteiger partial charge in [0, 0.05) is 18.3 Å². The zero-order chi connectivity index (χ0) is 11.1. The molecule has 3 nitrogen and oxygen atoms in total. The van der Waals surface area contributed by atoms with Crippen LogP contribution in [0.15, 0.2) is 12.3 Å². The predicted molar refractivity (Wildman–Crippen MR) is 64.3 cm³/mol. The number of aromatic nitrogens is 1. The molecule has 4 heteroatoms. The Bertz CT molecular complexity index is 376. The molecule has 15 heavy (non-hydrogen) atoms. The molecule has 1 aromatic heterocycles. The van der Waals surface area contributed by atoms with Crippen LogP contribution in [0.25, 0.3) is 0 Å². The third kappa shape index (κ3) is 1.88. The Balaban J connectivity index is 2.37. The second-order valence-electron chi connectivity index (χ2n) is 4.63. The number of anilines is 2. The Morgan fingerprint density at radius 1 is 1.53 bits per heavy atom. The molecular formula is C11H16ClN3. The van der Waals surface area contributed by atoms with Crippen LogP contribution in [0.3, 0.4) is 0 Å². The lowest BCUT2D eigenvalue weighted by Crippen LogP contribution is -2.39. The van der Waals surface area contributed by atoms with Gasteiger partial charge in [-0.15, -0.1) is 0 Å². The van der Waals surface area contributed by atoms with E-state index in [9.17, 15) is 0 Å². The summed E-state index contributed by atoms with van der Waals surface area (Å²) in [6.07, 6.45) is 4.02. The SMILES string of the molecule is CC1(C)CCCN1c1ncc(Cl)cc1N. The number of halogens is 1. The minimum Gasteiger partial charge on any atom is -0.396 e. The summed E-state index contributed by atoms with van der Waals surface area (Å²) in [4.78, 5) is 6.59. The van der Waals surface area contributed by atoms with Gasteiger partial charge in [0.2, 0.25) is 0 Å². The molecule has 0 amide bonds. The summed E-state index contributed by atoms with van der Waals surface area (Å²) in [7, 11) is 0. The summed E-state index contributed by atoms with van der Waals surface area (Å²) in [5.74, 6) is 0.863. The molecule has 0 bridgehead atoms. The minimum atomic E-state index is 0.148. The Morgan fingerprint density at radius 2 is 2.27 bits per heavy atom. The van der Waals surface area contributed by atoms with E-state index in [1.165, 1.54) is 12.8 Å². The quantitative estimate of drug-likeness (QED) is 0.799. The first kappa shape index (κ1) is 10.6. The van der Waals surface area contributed by atoms with Crippen molar-refractivity contribution in [2.24, 2.45) is 0 Å². The molecule has 1 aromatic rings. The van der Waals surface area contributed by atoms with Gasteiger partial charge in [0.1, 0.15) is 0 Å². The van der Waals surface area contributed by atoms with Gasteiger partial charge in [0.05, 0.1) is 10.7 Å². The molecule has 0 atom stereocenters. The summed E-state index contributed by atoms with van der Waals surface area (Å²) < 4.78 is 0. The van der Waals surface area contributed by atoms with Gasteiger partial charge in [-0.2, -0.15) is 0 Å². The molecule has 82 valence electrons. The van der Waals surface area contributed by atoms with Crippen LogP contribution in [0, 0.1) is 0 Å². The second kappa shape index (κ2) is 3.56. The number of nitrogens with two attached hydrogens (primary N) is 1. The van der Waals surface area contributed by atoms with Gasteiger partial charge in [0.25, 0.3) is 0 Å². The van der Waals surface area contributed by atoms with Crippen molar-refractivity contribution in [1.82, 2.24) is 4.98 Å². The van der Waals surface area contributed by atoms with E-state index < -0.39 is 0 Å². The maximum Gasteiger partial charge on any atom is 0.152 e. The van der Waals surface area contributed by atoms with Crippen LogP contribution in [-0.4, -0.2) is 17.1 Å². The van der Waals surface area contributed by atoms with Gasteiger partial charge in [-0.05, 0) is 32.8 Å². The van der Waals surface area contributed by atoms with Crippen molar-refractivity contribution in [3.05, 3.63) is 17.3 Å². The minimum absolute atomic E-state index is 0.148. The fourth-order valence-corrected chi connectivity index (χ4v) is 2.34. The highest BCUT2D eigenvalue weighted by atomic mass is 35.5. The fraction of sp³-hybridized carbons (Fsp3) is 0.545. The second-order valence-corrected chi connectivity index (χ2v) is 5.07. The first-order valence-electron chi connectivity index (χ1n) is 5.19. The van der Waals surface area contributed by atoms with Gasteiger partial charge in [-0.3, -0.25) is 0 Å². The highest BCUT2D eigenvalue weighted by Gasteiger charge is 2.33. The summed E-state index contributed by atoms with van der Waals surface area (Å²) in [6.45, 7) is 5.46. The maximum absolute atomic E-state index is 5.93. The van der Waals surface area contributed by atoms with E-state index in [2.05, 4.69) is 23.7 Å². The maximum atomic E-state index is 5.93. The van der Waals surface area contributed by atoms with Gasteiger partial charge in [-0.25, -0.2) is 4.98 Å². The Kier molecular flexibility index (Phi) is 2.51. The smallest absolute Gasteiger partial charge is 0.152 e. The third-order valence-electron chi connectivity index (χ3n) is 3.02. The molecule has 0 aliphatic carbocycles. The highest BCUT2D eigenvalue weighted by molar-refractivity contribution is 6.30. The topological polar surface area (TPSA) is 42.2 Å². The number of nitrogens with zero attached hydrogens (tertiary/aromatic N) is 2. The van der Waals surface area contributed by atoms with Crippen molar-refractivity contribution in [3.63, 3.8) is 0 Å². The van der Waals surface area contributed by atoms with Crippen molar-refractivity contribution in [2.45, 2.75) is 32.2 Å². The van der Waals surface area contributed by atoms with Crippen molar-refractivity contribution in [3.8, 4) is 0 Å². The van der Waals surface area contributed by atoms with E-state index in [4.69, 9.17) is 17.3 Å². The van der Waals surface area contributed by atoms with Crippen molar-refractivity contribution >= 4 is 23.1 Å². The fourth-order valence-electron chi connectivity index (χ4n) is 2.17. The lowest BCUT2D eigenvalue weighted by molar-refractivity contribution is 0.515. The molecule has 2 N–H and O–H groups in total. The number of pyridine rings is 1. The summed E-state index contributed by atoms with van der Waals surface area (Å²) in [6, 6.07) is 1.76. The largest absolute Gasteiger partial charge is 0.396 e. The number of nitrogen functional groups attached to an aromatic ring is 1. The average molecular weight is 226 g/mol. The number of hydrogen-bond donors (Lipinski definition) is 1. The molecule has 0 radical (unpaired) electrons. The van der Waals surface area contributed by atoms with Gasteiger partial charge in [-0.1, -0.05) is 11.6 Å². The van der Waals surface area contributed by atoms with E-state index in [1.807, 2.05) is 0 Å². The molecule has 0 spiro atoms. The first-order chi connectivity index (χ1) is 7.00. The van der Waals surface area contributed by atoms with E-state index in [0.717, 1.165) is 12.4 Å². The Labute approximate surface area is 95.2 Å². The van der Waals surface area contributed by atoms with E-state index >= 15 is 0 Å². The lowest BCUT2D eigenvalue weighted by atomic mass is 10.0. The Morgan fingerprint density at radius 3 is 2.80 bits per heavy atom. The van der Waals surface area contributed by atoms with E-state index in [-0.39, 0.29) is 5.54 Å². The molecule has 0 saturated carbocycles. The molecule has 0 aromatic carbocycles. The van der Waals surface area contributed by atoms with Crippen LogP contribution in [0.5, 0.6) is 0 Å². The van der Waals surface area contributed by atoms with Gasteiger partial charge >= 0.3 is 0 Å². The van der Waals surface area contributed by atoms with Gasteiger partial charge in [0.15, 0.2) is 5.82 Å². The van der Waals surface area contributed by atoms with Crippen LogP contribution in [0.2, 0.25) is 5.02 Å². The third-order valence-corrected chi connectivity index (χ3v) is 3.23. The summed E-state index contributed by atoms with van der Waals surface area (Å²) >= 11 is 5.83. The molecular weight excluding hydrogens is 210 g/mol. The molecule has 2 heterocycles. The van der Waals surface area contributed by atoms with Crippen molar-refractivity contribution in [1.29, 1.82) is 0 Å². The monoisotopic (exact) mass is 225 g/mol. The number of hydrogen-bond acceptors (Lipinski definition) is 3. The first-order valence-corrected chi connectivity index (χ1v) is 5.57. The zero-order valence-electron chi connectivity index (χ0n) is 9.13. The van der Waals surface area contributed by atoms with Crippen LogP contribution in [0.1, 0.15) is 26.7 Å². The van der Waals surface area contributed by atoms with Gasteiger partial charge < -0.3 is 10.6 Å². The molecule has 1 aliphatic rings. The molecule has 2 rings (SSSR count). The van der Waals surface area contributed by atoms with E-state index in [1.54, 1.807) is 12.3 Å². The van der Waals surface area contributed by atoms with Crippen molar-refractivity contribution < 1.29 is 0 Å². The number of rotatable bonds is 1. The summed E-state index contributed by atoms with van der Waals surface area (Å²) in [5.41, 5.74) is 6.75. The summed E-state index contributed by atoms with van der Waals surface area (Å²) in [5, 5.41) is 0.591.